The van der Waals surface area contributed by atoms with Gasteiger partial charge in [0.05, 0.1) is 13.2 Å². The van der Waals surface area contributed by atoms with E-state index in [1.54, 1.807) is 26.4 Å². The first-order valence-electron chi connectivity index (χ1n) is 6.28. The normalized spacial score (nSPS) is 19.9. The average Bonchev–Trinajstić information content (AvgIpc) is 2.56. The zero-order valence-corrected chi connectivity index (χ0v) is 12.3. The lowest BCUT2D eigenvalue weighted by molar-refractivity contribution is -0.121. The van der Waals surface area contributed by atoms with Crippen LogP contribution in [0.2, 0.25) is 0 Å². The second-order valence-electron chi connectivity index (χ2n) is 5.42. The topological polar surface area (TPSA) is 35.5 Å². The predicted molar refractivity (Wildman–Crippen MR) is 76.7 cm³/mol. The standard InChI is InChI=1S/C16H22O3/c1-16(2,3)15(17)9-7-12-6-8-13(18-4)11-14(10-12)19-5/h6-11,13H,1-5H3/b9-7+. The van der Waals surface area contributed by atoms with Gasteiger partial charge in [-0.15, -0.1) is 0 Å². The van der Waals surface area contributed by atoms with Crippen LogP contribution in [0.5, 0.6) is 0 Å². The quantitative estimate of drug-likeness (QED) is 0.730. The van der Waals surface area contributed by atoms with Crippen molar-refractivity contribution in [1.82, 2.24) is 0 Å². The van der Waals surface area contributed by atoms with Crippen molar-refractivity contribution in [1.29, 1.82) is 0 Å². The lowest BCUT2D eigenvalue weighted by Crippen LogP contribution is -2.17. The summed E-state index contributed by atoms with van der Waals surface area (Å²) in [4.78, 5) is 11.9. The lowest BCUT2D eigenvalue weighted by Gasteiger charge is -2.12. The molecule has 1 rings (SSSR count). The highest BCUT2D eigenvalue weighted by Gasteiger charge is 2.18. The number of ether oxygens (including phenoxy) is 2. The molecule has 0 radical (unpaired) electrons. The van der Waals surface area contributed by atoms with Crippen LogP contribution in [0.1, 0.15) is 20.8 Å². The zero-order valence-electron chi connectivity index (χ0n) is 12.3. The van der Waals surface area contributed by atoms with E-state index >= 15 is 0 Å². The Balaban J connectivity index is 2.90. The smallest absolute Gasteiger partial charge is 0.161 e. The summed E-state index contributed by atoms with van der Waals surface area (Å²) >= 11 is 0. The minimum absolute atomic E-state index is 0.0947. The van der Waals surface area contributed by atoms with Gasteiger partial charge in [-0.2, -0.15) is 0 Å². The largest absolute Gasteiger partial charge is 0.497 e. The Hall–Kier alpha value is -1.61. The van der Waals surface area contributed by atoms with E-state index in [0.717, 1.165) is 11.3 Å². The van der Waals surface area contributed by atoms with E-state index in [1.807, 2.05) is 45.1 Å². The fourth-order valence-corrected chi connectivity index (χ4v) is 1.48. The molecule has 0 aromatic rings. The number of ketones is 1. The SMILES string of the molecule is COC1=CC(OC)C=CC(/C=C/C(=O)C(C)(C)C)=C1. The van der Waals surface area contributed by atoms with Crippen molar-refractivity contribution in [2.45, 2.75) is 26.9 Å². The summed E-state index contributed by atoms with van der Waals surface area (Å²) < 4.78 is 10.5. The van der Waals surface area contributed by atoms with Gasteiger partial charge in [-0.1, -0.05) is 39.0 Å². The minimum Gasteiger partial charge on any atom is -0.497 e. The van der Waals surface area contributed by atoms with Gasteiger partial charge in [0.2, 0.25) is 0 Å². The molecule has 19 heavy (non-hydrogen) atoms. The first-order chi connectivity index (χ1) is 8.86. The van der Waals surface area contributed by atoms with Crippen molar-refractivity contribution < 1.29 is 14.3 Å². The number of methoxy groups -OCH3 is 2. The second-order valence-corrected chi connectivity index (χ2v) is 5.42. The van der Waals surface area contributed by atoms with Crippen LogP contribution in [0.3, 0.4) is 0 Å². The van der Waals surface area contributed by atoms with Gasteiger partial charge in [0.1, 0.15) is 5.76 Å². The molecule has 104 valence electrons. The molecule has 0 aliphatic heterocycles. The van der Waals surface area contributed by atoms with Crippen LogP contribution in [0.4, 0.5) is 0 Å². The average molecular weight is 262 g/mol. The minimum atomic E-state index is -0.361. The van der Waals surface area contributed by atoms with Crippen molar-refractivity contribution >= 4 is 5.78 Å². The molecule has 0 bridgehead atoms. The van der Waals surface area contributed by atoms with E-state index in [4.69, 9.17) is 9.47 Å². The van der Waals surface area contributed by atoms with E-state index in [-0.39, 0.29) is 17.3 Å². The highest BCUT2D eigenvalue weighted by Crippen LogP contribution is 2.18. The molecule has 0 aromatic carbocycles. The molecule has 0 saturated carbocycles. The van der Waals surface area contributed by atoms with Gasteiger partial charge in [-0.3, -0.25) is 4.79 Å². The summed E-state index contributed by atoms with van der Waals surface area (Å²) in [5.41, 5.74) is 0.547. The third kappa shape index (κ3) is 4.87. The molecule has 3 nitrogen and oxygen atoms in total. The van der Waals surface area contributed by atoms with E-state index in [0.29, 0.717) is 0 Å². The molecule has 0 N–H and O–H groups in total. The maximum absolute atomic E-state index is 11.9. The lowest BCUT2D eigenvalue weighted by atomic mass is 9.90. The number of hydrogen-bond acceptors (Lipinski definition) is 3. The van der Waals surface area contributed by atoms with Gasteiger partial charge in [-0.05, 0) is 23.8 Å². The summed E-state index contributed by atoms with van der Waals surface area (Å²) in [6.45, 7) is 5.70. The maximum atomic E-state index is 11.9. The van der Waals surface area contributed by atoms with Crippen LogP contribution >= 0.6 is 0 Å². The van der Waals surface area contributed by atoms with Crippen LogP contribution in [0.15, 0.2) is 47.8 Å². The van der Waals surface area contributed by atoms with Crippen molar-refractivity contribution in [2.75, 3.05) is 14.2 Å². The molecule has 1 aliphatic carbocycles. The van der Waals surface area contributed by atoms with Gasteiger partial charge in [0, 0.05) is 12.5 Å². The van der Waals surface area contributed by atoms with E-state index in [1.165, 1.54) is 0 Å². The highest BCUT2D eigenvalue weighted by molar-refractivity contribution is 5.94. The Morgan fingerprint density at radius 1 is 1.32 bits per heavy atom. The van der Waals surface area contributed by atoms with E-state index in [2.05, 4.69) is 0 Å². The number of carbonyl (C=O) groups is 1. The van der Waals surface area contributed by atoms with E-state index < -0.39 is 0 Å². The third-order valence-electron chi connectivity index (χ3n) is 2.79. The molecule has 0 spiro atoms. The Kier molecular flexibility index (Phi) is 5.31. The van der Waals surface area contributed by atoms with Crippen molar-refractivity contribution in [3.63, 3.8) is 0 Å². The maximum Gasteiger partial charge on any atom is 0.161 e. The van der Waals surface area contributed by atoms with Gasteiger partial charge in [-0.25, -0.2) is 0 Å². The van der Waals surface area contributed by atoms with Crippen molar-refractivity contribution in [2.24, 2.45) is 5.41 Å². The monoisotopic (exact) mass is 262 g/mol. The van der Waals surface area contributed by atoms with Crippen molar-refractivity contribution in [3.05, 3.63) is 47.8 Å². The number of rotatable bonds is 4. The fourth-order valence-electron chi connectivity index (χ4n) is 1.48. The summed E-state index contributed by atoms with van der Waals surface area (Å²) in [7, 11) is 3.25. The zero-order chi connectivity index (χ0) is 14.5. The summed E-state index contributed by atoms with van der Waals surface area (Å²) in [6.07, 6.45) is 10.9. The summed E-state index contributed by atoms with van der Waals surface area (Å²) in [5.74, 6) is 0.817. The predicted octanol–water partition coefficient (Wildman–Crippen LogP) is 3.20. The van der Waals surface area contributed by atoms with Crippen molar-refractivity contribution in [3.8, 4) is 0 Å². The van der Waals surface area contributed by atoms with Gasteiger partial charge in [0.25, 0.3) is 0 Å². The van der Waals surface area contributed by atoms with Crippen LogP contribution < -0.4 is 0 Å². The molecule has 0 amide bonds. The van der Waals surface area contributed by atoms with Crippen LogP contribution in [0.25, 0.3) is 0 Å². The Labute approximate surface area is 115 Å². The molecule has 0 saturated heterocycles. The first-order valence-corrected chi connectivity index (χ1v) is 6.28. The summed E-state index contributed by atoms with van der Waals surface area (Å²) in [5, 5.41) is 0. The number of allylic oxidation sites excluding steroid dienone is 5. The van der Waals surface area contributed by atoms with Gasteiger partial charge < -0.3 is 9.47 Å². The molecular formula is C16H22O3. The molecular weight excluding hydrogens is 240 g/mol. The highest BCUT2D eigenvalue weighted by atomic mass is 16.5. The fraction of sp³-hybridized carbons (Fsp3) is 0.438. The molecule has 1 unspecified atom stereocenters. The molecule has 0 fully saturated rings. The number of hydrogen-bond donors (Lipinski definition) is 0. The van der Waals surface area contributed by atoms with Crippen LogP contribution in [-0.4, -0.2) is 26.1 Å². The Morgan fingerprint density at radius 2 is 2.00 bits per heavy atom. The molecule has 0 heterocycles. The molecule has 1 aliphatic rings. The molecule has 1 atom stereocenters. The van der Waals surface area contributed by atoms with Gasteiger partial charge in [0.15, 0.2) is 5.78 Å². The summed E-state index contributed by atoms with van der Waals surface area (Å²) in [6, 6.07) is 0. The Morgan fingerprint density at radius 3 is 2.53 bits per heavy atom. The van der Waals surface area contributed by atoms with Gasteiger partial charge >= 0.3 is 0 Å². The molecule has 0 aromatic heterocycles. The molecule has 3 heteroatoms. The first kappa shape index (κ1) is 15.4. The Bertz CT molecular complexity index is 445. The van der Waals surface area contributed by atoms with Crippen LogP contribution in [0, 0.1) is 5.41 Å². The van der Waals surface area contributed by atoms with Crippen LogP contribution in [-0.2, 0) is 14.3 Å². The van der Waals surface area contributed by atoms with E-state index in [9.17, 15) is 4.79 Å². The number of carbonyl (C=O) groups excluding carboxylic acids is 1. The third-order valence-corrected chi connectivity index (χ3v) is 2.79. The second kappa shape index (κ2) is 6.53.